The van der Waals surface area contributed by atoms with E-state index in [1.807, 2.05) is 0 Å². The summed E-state index contributed by atoms with van der Waals surface area (Å²) in [6, 6.07) is 0. The van der Waals surface area contributed by atoms with Gasteiger partial charge in [-0.05, 0) is 6.92 Å². The SMILES string of the molecule is CC(O)C(Cl)(Cl)CCl. The molecule has 0 aromatic rings. The van der Waals surface area contributed by atoms with Crippen molar-refractivity contribution in [3.8, 4) is 0 Å². The summed E-state index contributed by atoms with van der Waals surface area (Å²) in [5.41, 5.74) is 0. The molecule has 0 aromatic carbocycles. The van der Waals surface area contributed by atoms with Crippen LogP contribution < -0.4 is 0 Å². The van der Waals surface area contributed by atoms with E-state index in [0.29, 0.717) is 0 Å². The molecular weight excluding hydrogens is 170 g/mol. The molecule has 4 heteroatoms. The number of rotatable bonds is 2. The summed E-state index contributed by atoms with van der Waals surface area (Å²) in [6.45, 7) is 1.49. The predicted octanol–water partition coefficient (Wildman–Crippen LogP) is 1.78. The highest BCUT2D eigenvalue weighted by Gasteiger charge is 2.28. The standard InChI is InChI=1S/C4H7Cl3O/c1-3(8)4(6,7)2-5/h3,8H,2H2,1H3. The fourth-order valence-electron chi connectivity index (χ4n) is 0.112. The highest BCUT2D eigenvalue weighted by Crippen LogP contribution is 2.26. The Labute approximate surface area is 63.5 Å². The third-order valence-electron chi connectivity index (χ3n) is 0.789. The van der Waals surface area contributed by atoms with Crippen LogP contribution in [-0.2, 0) is 0 Å². The molecule has 0 radical (unpaired) electrons. The molecule has 0 aliphatic carbocycles. The molecule has 8 heavy (non-hydrogen) atoms. The maximum absolute atomic E-state index is 8.73. The molecule has 0 saturated heterocycles. The van der Waals surface area contributed by atoms with Gasteiger partial charge in [0.05, 0.1) is 12.0 Å². The highest BCUT2D eigenvalue weighted by atomic mass is 35.5. The first-order valence-corrected chi connectivity index (χ1v) is 3.41. The van der Waals surface area contributed by atoms with Crippen LogP contribution in [0.1, 0.15) is 6.92 Å². The molecule has 1 atom stereocenters. The van der Waals surface area contributed by atoms with Crippen molar-refractivity contribution in [3.05, 3.63) is 0 Å². The van der Waals surface area contributed by atoms with Crippen molar-refractivity contribution in [3.63, 3.8) is 0 Å². The summed E-state index contributed by atoms with van der Waals surface area (Å²) < 4.78 is -1.19. The number of aliphatic hydroxyl groups is 1. The molecule has 0 rings (SSSR count). The molecule has 0 fully saturated rings. The quantitative estimate of drug-likeness (QED) is 0.638. The Kier molecular flexibility index (Phi) is 3.44. The second-order valence-corrected chi connectivity index (χ2v) is 3.38. The fraction of sp³-hybridized carbons (Fsp3) is 1.00. The van der Waals surface area contributed by atoms with Crippen LogP contribution in [0.25, 0.3) is 0 Å². The summed E-state index contributed by atoms with van der Waals surface area (Å²) in [7, 11) is 0. The van der Waals surface area contributed by atoms with Crippen LogP contribution in [0.5, 0.6) is 0 Å². The van der Waals surface area contributed by atoms with E-state index in [-0.39, 0.29) is 5.88 Å². The maximum atomic E-state index is 8.73. The van der Waals surface area contributed by atoms with Crippen LogP contribution in [0.4, 0.5) is 0 Å². The zero-order chi connectivity index (χ0) is 6.78. The summed E-state index contributed by atoms with van der Waals surface area (Å²) in [6.07, 6.45) is -0.789. The van der Waals surface area contributed by atoms with Gasteiger partial charge in [-0.1, -0.05) is 23.2 Å². The number of aliphatic hydroxyl groups excluding tert-OH is 1. The lowest BCUT2D eigenvalue weighted by molar-refractivity contribution is 0.182. The lowest BCUT2D eigenvalue weighted by Crippen LogP contribution is -2.29. The molecule has 50 valence electrons. The van der Waals surface area contributed by atoms with E-state index in [1.165, 1.54) is 6.92 Å². The van der Waals surface area contributed by atoms with Gasteiger partial charge in [-0.3, -0.25) is 0 Å². The first-order chi connectivity index (χ1) is 3.50. The van der Waals surface area contributed by atoms with E-state index in [0.717, 1.165) is 0 Å². The summed E-state index contributed by atoms with van der Waals surface area (Å²) in [4.78, 5) is 0. The van der Waals surface area contributed by atoms with Gasteiger partial charge in [-0.2, -0.15) is 0 Å². The summed E-state index contributed by atoms with van der Waals surface area (Å²) in [5, 5.41) is 8.73. The smallest absolute Gasteiger partial charge is 0.157 e. The lowest BCUT2D eigenvalue weighted by Gasteiger charge is -2.18. The molecule has 0 saturated carbocycles. The van der Waals surface area contributed by atoms with E-state index in [1.54, 1.807) is 0 Å². The minimum atomic E-state index is -1.19. The van der Waals surface area contributed by atoms with Gasteiger partial charge in [0.25, 0.3) is 0 Å². The van der Waals surface area contributed by atoms with Gasteiger partial charge >= 0.3 is 0 Å². The number of halogens is 3. The Hall–Kier alpha value is 0.830. The van der Waals surface area contributed by atoms with Crippen LogP contribution >= 0.6 is 34.8 Å². The first-order valence-electron chi connectivity index (χ1n) is 2.12. The van der Waals surface area contributed by atoms with Gasteiger partial charge < -0.3 is 5.11 Å². The molecule has 0 aromatic heterocycles. The van der Waals surface area contributed by atoms with Crippen LogP contribution in [0.15, 0.2) is 0 Å². The Bertz CT molecular complexity index is 71.7. The van der Waals surface area contributed by atoms with Gasteiger partial charge in [-0.25, -0.2) is 0 Å². The Morgan fingerprint density at radius 2 is 2.00 bits per heavy atom. The highest BCUT2D eigenvalue weighted by molar-refractivity contribution is 6.51. The zero-order valence-electron chi connectivity index (χ0n) is 4.37. The van der Waals surface area contributed by atoms with Crippen molar-refractivity contribution in [2.75, 3.05) is 5.88 Å². The Morgan fingerprint density at radius 3 is 2.00 bits per heavy atom. The predicted molar refractivity (Wildman–Crippen MR) is 36.8 cm³/mol. The minimum absolute atomic E-state index is 0.0355. The maximum Gasteiger partial charge on any atom is 0.157 e. The van der Waals surface area contributed by atoms with Crippen LogP contribution in [0.2, 0.25) is 0 Å². The molecule has 0 bridgehead atoms. The zero-order valence-corrected chi connectivity index (χ0v) is 6.63. The van der Waals surface area contributed by atoms with Gasteiger partial charge in [0, 0.05) is 0 Å². The normalized spacial score (nSPS) is 16.1. The average molecular weight is 177 g/mol. The number of alkyl halides is 3. The Balaban J connectivity index is 3.71. The second-order valence-electron chi connectivity index (χ2n) is 1.57. The van der Waals surface area contributed by atoms with Gasteiger partial charge in [0.15, 0.2) is 4.33 Å². The monoisotopic (exact) mass is 176 g/mol. The molecule has 1 N–H and O–H groups in total. The number of hydrogen-bond donors (Lipinski definition) is 1. The lowest BCUT2D eigenvalue weighted by atomic mass is 10.3. The van der Waals surface area contributed by atoms with Crippen molar-refractivity contribution in [2.24, 2.45) is 0 Å². The summed E-state index contributed by atoms with van der Waals surface area (Å²) >= 11 is 16.1. The molecule has 0 spiro atoms. The number of hydrogen-bond acceptors (Lipinski definition) is 1. The topological polar surface area (TPSA) is 20.2 Å². The third kappa shape index (κ3) is 2.40. The first kappa shape index (κ1) is 8.83. The molecule has 0 aliphatic rings. The molecule has 0 heterocycles. The second kappa shape index (κ2) is 3.11. The molecular formula is C4H7Cl3O. The van der Waals surface area contributed by atoms with Gasteiger partial charge in [0.1, 0.15) is 0 Å². The van der Waals surface area contributed by atoms with Crippen LogP contribution in [-0.4, -0.2) is 21.4 Å². The Morgan fingerprint density at radius 1 is 1.62 bits per heavy atom. The molecule has 0 aliphatic heterocycles. The van der Waals surface area contributed by atoms with E-state index in [2.05, 4.69) is 0 Å². The fourth-order valence-corrected chi connectivity index (χ4v) is 0.335. The van der Waals surface area contributed by atoms with Crippen molar-refractivity contribution in [1.82, 2.24) is 0 Å². The van der Waals surface area contributed by atoms with E-state index in [9.17, 15) is 0 Å². The van der Waals surface area contributed by atoms with Crippen molar-refractivity contribution in [2.45, 2.75) is 17.4 Å². The van der Waals surface area contributed by atoms with E-state index < -0.39 is 10.4 Å². The van der Waals surface area contributed by atoms with Crippen LogP contribution in [0.3, 0.4) is 0 Å². The van der Waals surface area contributed by atoms with E-state index >= 15 is 0 Å². The third-order valence-corrected chi connectivity index (χ3v) is 2.38. The van der Waals surface area contributed by atoms with Gasteiger partial charge in [0.2, 0.25) is 0 Å². The molecule has 1 unspecified atom stereocenters. The largest absolute Gasteiger partial charge is 0.390 e. The van der Waals surface area contributed by atoms with Gasteiger partial charge in [-0.15, -0.1) is 11.6 Å². The van der Waals surface area contributed by atoms with E-state index in [4.69, 9.17) is 39.9 Å². The van der Waals surface area contributed by atoms with Crippen LogP contribution in [0, 0.1) is 0 Å². The summed E-state index contributed by atoms with van der Waals surface area (Å²) in [5.74, 6) is 0.0355. The molecule has 0 amide bonds. The minimum Gasteiger partial charge on any atom is -0.390 e. The van der Waals surface area contributed by atoms with Crippen molar-refractivity contribution < 1.29 is 5.11 Å². The van der Waals surface area contributed by atoms with Crippen molar-refractivity contribution in [1.29, 1.82) is 0 Å². The van der Waals surface area contributed by atoms with Crippen molar-refractivity contribution >= 4 is 34.8 Å². The molecule has 1 nitrogen and oxygen atoms in total. The average Bonchev–Trinajstić information content (AvgIpc) is 1.67.